The summed E-state index contributed by atoms with van der Waals surface area (Å²) in [5.74, 6) is 3.58. The smallest absolute Gasteiger partial charge is 0.185 e. The molecule has 116 valence electrons. The Balaban J connectivity index is 2.16. The first-order chi connectivity index (χ1) is 11.2. The van der Waals surface area contributed by atoms with Gasteiger partial charge in [-0.2, -0.15) is 0 Å². The van der Waals surface area contributed by atoms with Crippen LogP contribution in [0, 0.1) is 12.3 Å². The van der Waals surface area contributed by atoms with Crippen molar-refractivity contribution in [2.24, 2.45) is 0 Å². The van der Waals surface area contributed by atoms with Crippen LogP contribution in [0.25, 0.3) is 6.08 Å². The summed E-state index contributed by atoms with van der Waals surface area (Å²) < 4.78 is 11.0. The van der Waals surface area contributed by atoms with Crippen LogP contribution in [0.2, 0.25) is 0 Å². The molecule has 0 aliphatic heterocycles. The quantitative estimate of drug-likeness (QED) is 0.441. The highest BCUT2D eigenvalue weighted by atomic mass is 16.5. The van der Waals surface area contributed by atoms with Gasteiger partial charge in [-0.1, -0.05) is 48.4 Å². The Morgan fingerprint density at radius 1 is 1.13 bits per heavy atom. The topological polar surface area (TPSA) is 35.5 Å². The van der Waals surface area contributed by atoms with E-state index in [1.807, 2.05) is 37.3 Å². The fourth-order valence-corrected chi connectivity index (χ4v) is 2.01. The first kappa shape index (κ1) is 16.4. The van der Waals surface area contributed by atoms with Crippen LogP contribution in [0.5, 0.6) is 11.5 Å². The summed E-state index contributed by atoms with van der Waals surface area (Å²) in [6.07, 6.45) is 8.50. The van der Waals surface area contributed by atoms with Crippen LogP contribution in [0.4, 0.5) is 0 Å². The average molecular weight is 306 g/mol. The van der Waals surface area contributed by atoms with Gasteiger partial charge in [0.2, 0.25) is 0 Å². The van der Waals surface area contributed by atoms with Crippen molar-refractivity contribution in [3.05, 3.63) is 65.7 Å². The molecule has 23 heavy (non-hydrogen) atoms. The molecule has 0 fully saturated rings. The molecule has 2 rings (SSSR count). The van der Waals surface area contributed by atoms with Gasteiger partial charge in [0.25, 0.3) is 0 Å². The molecule has 0 amide bonds. The van der Waals surface area contributed by atoms with Gasteiger partial charge in [0.05, 0.1) is 6.61 Å². The third kappa shape index (κ3) is 4.76. The summed E-state index contributed by atoms with van der Waals surface area (Å²) in [6, 6.07) is 14.6. The number of hydrogen-bond donors (Lipinski definition) is 0. The van der Waals surface area contributed by atoms with Gasteiger partial charge in [0.15, 0.2) is 17.3 Å². The zero-order chi connectivity index (χ0) is 16.5. The van der Waals surface area contributed by atoms with E-state index in [0.717, 1.165) is 5.56 Å². The molecular weight excluding hydrogens is 288 g/mol. The zero-order valence-electron chi connectivity index (χ0n) is 13.0. The Hall–Kier alpha value is -2.99. The molecule has 2 aromatic rings. The Bertz CT molecular complexity index is 724. The molecule has 3 nitrogen and oxygen atoms in total. The van der Waals surface area contributed by atoms with Gasteiger partial charge in [-0.25, -0.2) is 0 Å². The minimum Gasteiger partial charge on any atom is -0.490 e. The lowest BCUT2D eigenvalue weighted by Crippen LogP contribution is -1.99. The Morgan fingerprint density at radius 3 is 2.61 bits per heavy atom. The molecular formula is C20H18O3. The zero-order valence-corrected chi connectivity index (χ0v) is 13.0. The van der Waals surface area contributed by atoms with Gasteiger partial charge in [-0.15, -0.1) is 6.42 Å². The van der Waals surface area contributed by atoms with Gasteiger partial charge >= 0.3 is 0 Å². The van der Waals surface area contributed by atoms with Crippen molar-refractivity contribution < 1.29 is 14.3 Å². The summed E-state index contributed by atoms with van der Waals surface area (Å²) in [7, 11) is 0. The number of rotatable bonds is 7. The number of ether oxygens (including phenoxy) is 2. The van der Waals surface area contributed by atoms with Crippen LogP contribution >= 0.6 is 0 Å². The third-order valence-corrected chi connectivity index (χ3v) is 3.06. The summed E-state index contributed by atoms with van der Waals surface area (Å²) in [5, 5.41) is 0. The lowest BCUT2D eigenvalue weighted by Gasteiger charge is -2.10. The summed E-state index contributed by atoms with van der Waals surface area (Å²) in [5.41, 5.74) is 1.51. The number of terminal acetylenes is 1. The first-order valence-electron chi connectivity index (χ1n) is 7.35. The van der Waals surface area contributed by atoms with Crippen molar-refractivity contribution in [1.82, 2.24) is 0 Å². The molecule has 3 heteroatoms. The van der Waals surface area contributed by atoms with Gasteiger partial charge < -0.3 is 9.47 Å². The molecule has 0 N–H and O–H groups in total. The normalized spacial score (nSPS) is 10.3. The molecule has 0 saturated heterocycles. The second-order valence-corrected chi connectivity index (χ2v) is 4.70. The summed E-state index contributed by atoms with van der Waals surface area (Å²) in [6.45, 7) is 2.59. The van der Waals surface area contributed by atoms with Gasteiger partial charge in [0, 0.05) is 5.56 Å². The van der Waals surface area contributed by atoms with E-state index in [-0.39, 0.29) is 12.4 Å². The van der Waals surface area contributed by atoms with Crippen molar-refractivity contribution in [2.45, 2.75) is 6.92 Å². The Kier molecular flexibility index (Phi) is 6.02. The number of hydrogen-bond acceptors (Lipinski definition) is 3. The molecule has 0 radical (unpaired) electrons. The molecule has 0 aromatic heterocycles. The van der Waals surface area contributed by atoms with Crippen LogP contribution in [0.3, 0.4) is 0 Å². The van der Waals surface area contributed by atoms with Crippen LogP contribution in [-0.4, -0.2) is 19.0 Å². The van der Waals surface area contributed by atoms with Gasteiger partial charge in [-0.3, -0.25) is 4.79 Å². The standard InChI is InChI=1S/C20H18O3/c1-3-14-23-19-13-11-16(15-20(19)22-4-2)10-12-18(21)17-8-6-5-7-9-17/h1,5-13,15H,4,14H2,2H3. The van der Waals surface area contributed by atoms with Crippen LogP contribution in [0.15, 0.2) is 54.6 Å². The second-order valence-electron chi connectivity index (χ2n) is 4.70. The fraction of sp³-hybridized carbons (Fsp3) is 0.150. The fourth-order valence-electron chi connectivity index (χ4n) is 2.01. The predicted octanol–water partition coefficient (Wildman–Crippen LogP) is 3.99. The van der Waals surface area contributed by atoms with Crippen LogP contribution in [-0.2, 0) is 0 Å². The van der Waals surface area contributed by atoms with E-state index in [1.165, 1.54) is 0 Å². The molecule has 0 aliphatic carbocycles. The highest BCUT2D eigenvalue weighted by Gasteiger charge is 2.06. The molecule has 0 spiro atoms. The molecule has 0 unspecified atom stereocenters. The van der Waals surface area contributed by atoms with Crippen molar-refractivity contribution in [2.75, 3.05) is 13.2 Å². The largest absolute Gasteiger partial charge is 0.490 e. The molecule has 0 saturated carbocycles. The summed E-state index contributed by atoms with van der Waals surface area (Å²) >= 11 is 0. The molecule has 0 aliphatic rings. The molecule has 0 bridgehead atoms. The van der Waals surface area contributed by atoms with E-state index < -0.39 is 0 Å². The molecule has 0 atom stereocenters. The van der Waals surface area contributed by atoms with Crippen molar-refractivity contribution in [3.8, 4) is 23.8 Å². The Labute approximate surface area is 136 Å². The monoisotopic (exact) mass is 306 g/mol. The van der Waals surface area contributed by atoms with Crippen molar-refractivity contribution >= 4 is 11.9 Å². The predicted molar refractivity (Wildman–Crippen MR) is 91.7 cm³/mol. The minimum absolute atomic E-state index is 0.0452. The average Bonchev–Trinajstić information content (AvgIpc) is 2.60. The third-order valence-electron chi connectivity index (χ3n) is 3.06. The van der Waals surface area contributed by atoms with E-state index in [4.69, 9.17) is 15.9 Å². The molecule has 2 aromatic carbocycles. The number of benzene rings is 2. The van der Waals surface area contributed by atoms with E-state index in [2.05, 4.69) is 5.92 Å². The van der Waals surface area contributed by atoms with Gasteiger partial charge in [0.1, 0.15) is 6.61 Å². The lowest BCUT2D eigenvalue weighted by molar-refractivity contribution is 0.104. The number of ketones is 1. The maximum absolute atomic E-state index is 12.1. The van der Waals surface area contributed by atoms with Crippen LogP contribution < -0.4 is 9.47 Å². The number of carbonyl (C=O) groups excluding carboxylic acids is 1. The lowest BCUT2D eigenvalue weighted by atomic mass is 10.1. The van der Waals surface area contributed by atoms with E-state index in [1.54, 1.807) is 30.4 Å². The van der Waals surface area contributed by atoms with E-state index in [0.29, 0.717) is 23.7 Å². The SMILES string of the molecule is C#CCOc1ccc(C=CC(=O)c2ccccc2)cc1OCC. The second kappa shape index (κ2) is 8.45. The van der Waals surface area contributed by atoms with Crippen molar-refractivity contribution in [1.29, 1.82) is 0 Å². The maximum Gasteiger partial charge on any atom is 0.185 e. The van der Waals surface area contributed by atoms with Crippen molar-refractivity contribution in [3.63, 3.8) is 0 Å². The maximum atomic E-state index is 12.1. The first-order valence-corrected chi connectivity index (χ1v) is 7.35. The van der Waals surface area contributed by atoms with E-state index >= 15 is 0 Å². The highest BCUT2D eigenvalue weighted by molar-refractivity contribution is 6.06. The highest BCUT2D eigenvalue weighted by Crippen LogP contribution is 2.29. The van der Waals surface area contributed by atoms with Crippen LogP contribution in [0.1, 0.15) is 22.8 Å². The minimum atomic E-state index is -0.0452. The molecule has 0 heterocycles. The Morgan fingerprint density at radius 2 is 1.91 bits per heavy atom. The summed E-state index contributed by atoms with van der Waals surface area (Å²) in [4.78, 5) is 12.1. The number of carbonyl (C=O) groups is 1. The number of allylic oxidation sites excluding steroid dienone is 1. The van der Waals surface area contributed by atoms with Gasteiger partial charge in [-0.05, 0) is 30.7 Å². The van der Waals surface area contributed by atoms with E-state index in [9.17, 15) is 4.79 Å².